The summed E-state index contributed by atoms with van der Waals surface area (Å²) in [5.74, 6) is 0. The van der Waals surface area contributed by atoms with Crippen LogP contribution in [-0.4, -0.2) is 117 Å². The van der Waals surface area contributed by atoms with Crippen LogP contribution in [0.2, 0.25) is 19.6 Å². The van der Waals surface area contributed by atoms with Crippen LogP contribution >= 0.6 is 0 Å². The summed E-state index contributed by atoms with van der Waals surface area (Å²) in [6.45, 7) is 18.1. The van der Waals surface area contributed by atoms with Gasteiger partial charge in [-0.15, -0.1) is 0 Å². The Labute approximate surface area is 223 Å². The Balaban J connectivity index is 6.27. The van der Waals surface area contributed by atoms with Crippen molar-refractivity contribution in [3.8, 4) is 0 Å². The molecule has 12 nitrogen and oxygen atoms in total. The van der Waals surface area contributed by atoms with E-state index < -0.39 is 53.1 Å². The van der Waals surface area contributed by atoms with E-state index in [1.54, 1.807) is 6.55 Å². The maximum absolute atomic E-state index is 6.61. The van der Waals surface area contributed by atoms with E-state index in [2.05, 4.69) is 19.7 Å². The van der Waals surface area contributed by atoms with E-state index in [0.29, 0.717) is 14.5 Å². The highest BCUT2D eigenvalue weighted by molar-refractivity contribution is 6.98. The Hall–Kier alpha value is 0.0413. The summed E-state index contributed by atoms with van der Waals surface area (Å²) < 4.78 is 69.0. The smallest absolute Gasteiger partial charge is 0.430 e. The third kappa shape index (κ3) is 7.58. The van der Waals surface area contributed by atoms with Crippen LogP contribution in [-0.2, 0) is 53.1 Å². The molecule has 0 spiro atoms. The maximum Gasteiger partial charge on any atom is 0.532 e. The topological polar surface area (TPSA) is 111 Å². The van der Waals surface area contributed by atoms with Gasteiger partial charge in [0.25, 0.3) is 0 Å². The Morgan fingerprint density at radius 1 is 0.528 bits per heavy atom. The van der Waals surface area contributed by atoms with Crippen molar-refractivity contribution < 1.29 is 53.1 Å². The fourth-order valence-electron chi connectivity index (χ4n) is 3.45. The summed E-state index contributed by atoms with van der Waals surface area (Å²) in [5, 5.41) is 0. The van der Waals surface area contributed by atoms with Crippen molar-refractivity contribution in [2.24, 2.45) is 0 Å². The molecule has 0 bridgehead atoms. The Kier molecular flexibility index (Phi) is 15.6. The van der Waals surface area contributed by atoms with Gasteiger partial charge < -0.3 is 43.9 Å². The molecule has 0 aromatic rings. The molecule has 0 N–H and O–H groups in total. The van der Waals surface area contributed by atoms with Crippen molar-refractivity contribution in [2.45, 2.75) is 19.6 Å². The highest BCUT2D eigenvalue weighted by Gasteiger charge is 2.57. The third-order valence-corrected chi connectivity index (χ3v) is 27.1. The Bertz CT molecular complexity index is 707. The van der Waals surface area contributed by atoms with Crippen molar-refractivity contribution in [1.29, 1.82) is 0 Å². The molecule has 0 saturated carbocycles. The molecular weight excluding hydrogens is 577 g/mol. The van der Waals surface area contributed by atoms with Crippen LogP contribution in [0, 0.1) is 0 Å². The standard InChI is InChI=1S/C18H44O12Si6/c1-16(34(19-4,20-5)21-6)31(13)28-29-33(15,18(3)36(25-10,26-11)27-12)30-32(14)17(2)35(22-7,23-8)24-9/h31-32H,1-3H2,4-15H3. The van der Waals surface area contributed by atoms with Crippen LogP contribution in [0.1, 0.15) is 0 Å². The zero-order valence-electron chi connectivity index (χ0n) is 23.7. The second-order valence-corrected chi connectivity index (χ2v) is 25.9. The molecule has 18 heteroatoms. The van der Waals surface area contributed by atoms with E-state index >= 15 is 0 Å². The van der Waals surface area contributed by atoms with Crippen LogP contribution < -0.4 is 0 Å². The first-order chi connectivity index (χ1) is 16.8. The molecule has 0 saturated heterocycles. The molecule has 3 unspecified atom stereocenters. The van der Waals surface area contributed by atoms with Gasteiger partial charge in [-0.3, -0.25) is 9.15 Å². The van der Waals surface area contributed by atoms with E-state index in [-0.39, 0.29) is 0 Å². The minimum Gasteiger partial charge on any atom is -0.430 e. The summed E-state index contributed by atoms with van der Waals surface area (Å²) in [6, 6.07) is 0. The van der Waals surface area contributed by atoms with Crippen molar-refractivity contribution in [1.82, 2.24) is 0 Å². The molecule has 0 fully saturated rings. The molecule has 0 rings (SSSR count). The number of rotatable bonds is 20. The quantitative estimate of drug-likeness (QED) is 0.111. The van der Waals surface area contributed by atoms with Crippen molar-refractivity contribution >= 4 is 53.1 Å². The summed E-state index contributed by atoms with van der Waals surface area (Å²) >= 11 is 0. The van der Waals surface area contributed by atoms with Crippen LogP contribution in [0.5, 0.6) is 0 Å². The summed E-state index contributed by atoms with van der Waals surface area (Å²) in [4.78, 5) is 1.61. The van der Waals surface area contributed by atoms with E-state index in [1.165, 1.54) is 64.0 Å². The first kappa shape index (κ1) is 36.0. The van der Waals surface area contributed by atoms with Crippen LogP contribution in [0.15, 0.2) is 34.2 Å². The van der Waals surface area contributed by atoms with Gasteiger partial charge in [-0.25, -0.2) is 0 Å². The van der Waals surface area contributed by atoms with Crippen LogP contribution in [0.4, 0.5) is 0 Å². The molecule has 0 aromatic heterocycles. The van der Waals surface area contributed by atoms with Crippen LogP contribution in [0.3, 0.4) is 0 Å². The van der Waals surface area contributed by atoms with Crippen molar-refractivity contribution in [2.75, 3.05) is 64.0 Å². The van der Waals surface area contributed by atoms with E-state index in [0.717, 1.165) is 0 Å². The largest absolute Gasteiger partial charge is 0.532 e. The van der Waals surface area contributed by atoms with Crippen molar-refractivity contribution in [3.63, 3.8) is 0 Å². The summed E-state index contributed by atoms with van der Waals surface area (Å²) in [7, 11) is -4.40. The summed E-state index contributed by atoms with van der Waals surface area (Å²) in [5.41, 5.74) is 0. The SMILES string of the molecule is C=C([SiH](C)OO[Si](C)(O[SiH](C)C(=C)[Si](OC)(OC)OC)C(=C)[Si](OC)(OC)OC)[Si](OC)(OC)OC. The van der Waals surface area contributed by atoms with Crippen molar-refractivity contribution in [3.05, 3.63) is 34.2 Å². The normalized spacial score (nSPS) is 16.3. The van der Waals surface area contributed by atoms with Gasteiger partial charge in [0.1, 0.15) is 0 Å². The van der Waals surface area contributed by atoms with E-state index in [4.69, 9.17) is 53.1 Å². The molecule has 3 atom stereocenters. The first-order valence-corrected chi connectivity index (χ1v) is 22.7. The Morgan fingerprint density at radius 3 is 1.14 bits per heavy atom. The fourth-order valence-corrected chi connectivity index (χ4v) is 23.4. The molecule has 212 valence electrons. The summed E-state index contributed by atoms with van der Waals surface area (Å²) in [6.07, 6.45) is 0. The monoisotopic (exact) mass is 620 g/mol. The zero-order valence-corrected chi connectivity index (χ0v) is 30.0. The lowest BCUT2D eigenvalue weighted by Gasteiger charge is -2.38. The zero-order chi connectivity index (χ0) is 28.4. The second kappa shape index (κ2) is 15.6. The van der Waals surface area contributed by atoms with Gasteiger partial charge in [-0.1, -0.05) is 19.7 Å². The Morgan fingerprint density at radius 2 is 0.833 bits per heavy atom. The van der Waals surface area contributed by atoms with Crippen LogP contribution in [0.25, 0.3) is 0 Å². The van der Waals surface area contributed by atoms with Gasteiger partial charge in [0, 0.05) is 78.4 Å². The molecule has 0 aliphatic rings. The van der Waals surface area contributed by atoms with Gasteiger partial charge in [-0.2, -0.15) is 0 Å². The fraction of sp³-hybridized carbons (Fsp3) is 0.667. The minimum absolute atomic E-state index is 0.412. The molecule has 0 aliphatic heterocycles. The lowest BCUT2D eigenvalue weighted by Crippen LogP contribution is -2.60. The van der Waals surface area contributed by atoms with Gasteiger partial charge in [0.15, 0.2) is 9.04 Å². The average molecular weight is 621 g/mol. The number of hydrogen-bond donors (Lipinski definition) is 0. The van der Waals surface area contributed by atoms with E-state index in [9.17, 15) is 0 Å². The first-order valence-electron chi connectivity index (χ1n) is 10.9. The number of hydrogen-bond acceptors (Lipinski definition) is 12. The van der Waals surface area contributed by atoms with E-state index in [1.807, 2.05) is 13.1 Å². The second-order valence-electron chi connectivity index (χ2n) is 7.56. The molecule has 0 aliphatic carbocycles. The highest BCUT2D eigenvalue weighted by Crippen LogP contribution is 2.31. The highest BCUT2D eigenvalue weighted by atomic mass is 28.5. The maximum atomic E-state index is 6.61. The lowest BCUT2D eigenvalue weighted by atomic mass is 11.2. The average Bonchev–Trinajstić information content (AvgIpc) is 2.90. The third-order valence-electron chi connectivity index (χ3n) is 5.86. The molecule has 0 amide bonds. The van der Waals surface area contributed by atoms with Gasteiger partial charge >= 0.3 is 35.0 Å². The molecule has 0 radical (unpaired) electrons. The minimum atomic E-state index is -3.48. The van der Waals surface area contributed by atoms with Gasteiger partial charge in [0.05, 0.1) is 0 Å². The predicted octanol–water partition coefficient (Wildman–Crippen LogP) is 1.27. The van der Waals surface area contributed by atoms with Gasteiger partial charge in [-0.05, 0) is 19.6 Å². The van der Waals surface area contributed by atoms with Gasteiger partial charge in [0.2, 0.25) is 9.04 Å². The lowest BCUT2D eigenvalue weighted by molar-refractivity contribution is -0.129. The molecule has 0 heterocycles. The molecular formula is C18H44O12Si6. The molecule has 36 heavy (non-hydrogen) atoms. The molecule has 0 aromatic carbocycles. The predicted molar refractivity (Wildman–Crippen MR) is 149 cm³/mol.